The molecule has 3 nitrogen and oxygen atoms in total. The molecule has 0 heterocycles. The third-order valence-electron chi connectivity index (χ3n) is 3.31. The van der Waals surface area contributed by atoms with E-state index in [4.69, 9.17) is 0 Å². The van der Waals surface area contributed by atoms with Gasteiger partial charge in [-0.15, -0.1) is 0 Å². The van der Waals surface area contributed by atoms with Gasteiger partial charge in [0.15, 0.2) is 6.54 Å². The third kappa shape index (κ3) is 4.63. The minimum absolute atomic E-state index is 0.211. The van der Waals surface area contributed by atoms with Crippen molar-refractivity contribution in [2.24, 2.45) is 0 Å². The van der Waals surface area contributed by atoms with E-state index in [1.807, 2.05) is 13.1 Å². The van der Waals surface area contributed by atoms with E-state index in [0.29, 0.717) is 17.8 Å². The highest BCUT2D eigenvalue weighted by Gasteiger charge is 2.12. The van der Waals surface area contributed by atoms with Crippen LogP contribution in [0.5, 0.6) is 0 Å². The lowest BCUT2D eigenvalue weighted by molar-refractivity contribution is -0.885. The summed E-state index contributed by atoms with van der Waals surface area (Å²) in [5.74, 6) is -0.847. The SMILES string of the molecule is Cc1ccc(NC(=O)C[NH+](C)Cc2cccc(F)c2)cc1F. The van der Waals surface area contributed by atoms with Crippen LogP contribution in [0.25, 0.3) is 0 Å². The highest BCUT2D eigenvalue weighted by molar-refractivity contribution is 5.91. The van der Waals surface area contributed by atoms with Crippen LogP contribution in [0.3, 0.4) is 0 Å². The zero-order valence-electron chi connectivity index (χ0n) is 12.6. The van der Waals surface area contributed by atoms with Crippen LogP contribution in [0.15, 0.2) is 42.5 Å². The zero-order valence-corrected chi connectivity index (χ0v) is 12.6. The molecule has 0 aliphatic heterocycles. The second kappa shape index (κ2) is 7.13. The first-order valence-corrected chi connectivity index (χ1v) is 7.06. The summed E-state index contributed by atoms with van der Waals surface area (Å²) in [5.41, 5.74) is 1.80. The largest absolute Gasteiger partial charge is 0.326 e. The number of aryl methyl sites for hydroxylation is 1. The molecule has 1 unspecified atom stereocenters. The van der Waals surface area contributed by atoms with Crippen molar-refractivity contribution in [3.63, 3.8) is 0 Å². The van der Waals surface area contributed by atoms with Crippen LogP contribution in [-0.4, -0.2) is 19.5 Å². The molecule has 0 aromatic heterocycles. The lowest BCUT2D eigenvalue weighted by atomic mass is 10.2. The first-order chi connectivity index (χ1) is 10.4. The average molecular weight is 305 g/mol. The molecule has 2 aromatic rings. The van der Waals surface area contributed by atoms with Gasteiger partial charge in [-0.2, -0.15) is 0 Å². The number of carbonyl (C=O) groups excluding carboxylic acids is 1. The summed E-state index contributed by atoms with van der Waals surface area (Å²) in [4.78, 5) is 12.9. The molecule has 0 aliphatic rings. The van der Waals surface area contributed by atoms with Crippen LogP contribution in [-0.2, 0) is 11.3 Å². The summed E-state index contributed by atoms with van der Waals surface area (Å²) in [5, 5.41) is 2.66. The molecule has 2 rings (SSSR count). The molecule has 5 heteroatoms. The highest BCUT2D eigenvalue weighted by atomic mass is 19.1. The number of hydrogen-bond donors (Lipinski definition) is 2. The second-order valence-corrected chi connectivity index (χ2v) is 5.45. The fourth-order valence-electron chi connectivity index (χ4n) is 2.21. The van der Waals surface area contributed by atoms with Gasteiger partial charge in [0.25, 0.3) is 5.91 Å². The van der Waals surface area contributed by atoms with Gasteiger partial charge in [0.1, 0.15) is 18.2 Å². The van der Waals surface area contributed by atoms with Crippen LogP contribution in [0.2, 0.25) is 0 Å². The molecular formula is C17H19F2N2O+. The van der Waals surface area contributed by atoms with Crippen molar-refractivity contribution >= 4 is 11.6 Å². The number of halogens is 2. The van der Waals surface area contributed by atoms with Gasteiger partial charge in [-0.3, -0.25) is 4.79 Å². The van der Waals surface area contributed by atoms with Crippen LogP contribution >= 0.6 is 0 Å². The van der Waals surface area contributed by atoms with E-state index in [-0.39, 0.29) is 24.1 Å². The first kappa shape index (κ1) is 16.1. The summed E-state index contributed by atoms with van der Waals surface area (Å²) >= 11 is 0. The van der Waals surface area contributed by atoms with E-state index in [1.54, 1.807) is 25.1 Å². The summed E-state index contributed by atoms with van der Waals surface area (Å²) in [7, 11) is 1.85. The van der Waals surface area contributed by atoms with Crippen LogP contribution < -0.4 is 10.2 Å². The summed E-state index contributed by atoms with van der Waals surface area (Å²) < 4.78 is 26.5. The van der Waals surface area contributed by atoms with Crippen LogP contribution in [0.1, 0.15) is 11.1 Å². The maximum Gasteiger partial charge on any atom is 0.279 e. The zero-order chi connectivity index (χ0) is 16.1. The van der Waals surface area contributed by atoms with Crippen molar-refractivity contribution in [2.45, 2.75) is 13.5 Å². The molecule has 22 heavy (non-hydrogen) atoms. The predicted octanol–water partition coefficient (Wildman–Crippen LogP) is 1.93. The van der Waals surface area contributed by atoms with Gasteiger partial charge in [0.05, 0.1) is 7.05 Å². The van der Waals surface area contributed by atoms with E-state index in [0.717, 1.165) is 10.5 Å². The molecule has 2 N–H and O–H groups in total. The number of carbonyl (C=O) groups is 1. The van der Waals surface area contributed by atoms with Crippen molar-refractivity contribution in [3.8, 4) is 0 Å². The Morgan fingerprint density at radius 2 is 1.95 bits per heavy atom. The van der Waals surface area contributed by atoms with Crippen molar-refractivity contribution in [2.75, 3.05) is 18.9 Å². The van der Waals surface area contributed by atoms with Crippen molar-refractivity contribution in [1.29, 1.82) is 0 Å². The van der Waals surface area contributed by atoms with Gasteiger partial charge < -0.3 is 10.2 Å². The van der Waals surface area contributed by atoms with Crippen molar-refractivity contribution in [3.05, 3.63) is 65.2 Å². The first-order valence-electron chi connectivity index (χ1n) is 7.06. The molecule has 1 atom stereocenters. The predicted molar refractivity (Wildman–Crippen MR) is 81.6 cm³/mol. The van der Waals surface area contributed by atoms with E-state index in [2.05, 4.69) is 5.32 Å². The molecule has 0 saturated heterocycles. The Balaban J connectivity index is 1.89. The van der Waals surface area contributed by atoms with Crippen molar-refractivity contribution < 1.29 is 18.5 Å². The molecule has 2 aromatic carbocycles. The Bertz CT molecular complexity index is 673. The minimum Gasteiger partial charge on any atom is -0.326 e. The summed E-state index contributed by atoms with van der Waals surface area (Å²) in [6.07, 6.45) is 0. The Labute approximate surface area is 128 Å². The number of likely N-dealkylation sites (N-methyl/N-ethyl adjacent to an activating group) is 1. The number of anilines is 1. The van der Waals surface area contributed by atoms with Crippen LogP contribution in [0.4, 0.5) is 14.5 Å². The van der Waals surface area contributed by atoms with Gasteiger partial charge in [-0.25, -0.2) is 8.78 Å². The second-order valence-electron chi connectivity index (χ2n) is 5.45. The van der Waals surface area contributed by atoms with Gasteiger partial charge in [-0.1, -0.05) is 18.2 Å². The Hall–Kier alpha value is -2.27. The lowest BCUT2D eigenvalue weighted by Crippen LogP contribution is -3.08. The van der Waals surface area contributed by atoms with E-state index in [1.165, 1.54) is 18.2 Å². The molecule has 0 radical (unpaired) electrons. The maximum atomic E-state index is 13.4. The van der Waals surface area contributed by atoms with E-state index >= 15 is 0 Å². The quantitative estimate of drug-likeness (QED) is 0.869. The summed E-state index contributed by atoms with van der Waals surface area (Å²) in [6, 6.07) is 10.9. The average Bonchev–Trinajstić information content (AvgIpc) is 2.42. The van der Waals surface area contributed by atoms with Gasteiger partial charge in [0.2, 0.25) is 0 Å². The van der Waals surface area contributed by atoms with Crippen molar-refractivity contribution in [1.82, 2.24) is 0 Å². The Morgan fingerprint density at radius 3 is 2.64 bits per heavy atom. The molecule has 116 valence electrons. The number of quaternary nitrogens is 1. The third-order valence-corrected chi connectivity index (χ3v) is 3.31. The van der Waals surface area contributed by atoms with E-state index in [9.17, 15) is 13.6 Å². The smallest absolute Gasteiger partial charge is 0.279 e. The normalized spacial score (nSPS) is 12.0. The molecule has 1 amide bonds. The molecule has 0 fully saturated rings. The molecule has 0 spiro atoms. The standard InChI is InChI=1S/C17H18F2N2O/c1-12-6-7-15(9-16(12)19)20-17(22)11-21(2)10-13-4-3-5-14(18)8-13/h3-9H,10-11H2,1-2H3,(H,20,22)/p+1. The molecular weight excluding hydrogens is 286 g/mol. The minimum atomic E-state index is -0.349. The fourth-order valence-corrected chi connectivity index (χ4v) is 2.21. The monoisotopic (exact) mass is 305 g/mol. The number of amides is 1. The van der Waals surface area contributed by atoms with Gasteiger partial charge >= 0.3 is 0 Å². The lowest BCUT2D eigenvalue weighted by Gasteiger charge is -2.14. The Kier molecular flexibility index (Phi) is 5.22. The maximum absolute atomic E-state index is 13.4. The van der Waals surface area contributed by atoms with Gasteiger partial charge in [-0.05, 0) is 36.8 Å². The number of rotatable bonds is 5. The number of benzene rings is 2. The Morgan fingerprint density at radius 1 is 1.18 bits per heavy atom. The molecule has 0 saturated carbocycles. The molecule has 0 aliphatic carbocycles. The topological polar surface area (TPSA) is 33.5 Å². The number of nitrogens with one attached hydrogen (secondary N) is 2. The van der Waals surface area contributed by atoms with Crippen LogP contribution in [0, 0.1) is 18.6 Å². The van der Waals surface area contributed by atoms with E-state index < -0.39 is 0 Å². The summed E-state index contributed by atoms with van der Waals surface area (Å²) in [6.45, 7) is 2.41. The number of hydrogen-bond acceptors (Lipinski definition) is 1. The fraction of sp³-hybridized carbons (Fsp3) is 0.235. The van der Waals surface area contributed by atoms with Gasteiger partial charge in [0, 0.05) is 11.3 Å². The highest BCUT2D eigenvalue weighted by Crippen LogP contribution is 2.13. The molecule has 0 bridgehead atoms.